The molecule has 0 saturated carbocycles. The first kappa shape index (κ1) is 23.5. The maximum Gasteiger partial charge on any atom is 0.337 e. The summed E-state index contributed by atoms with van der Waals surface area (Å²) < 4.78 is 32.8. The topological polar surface area (TPSA) is 175 Å². The summed E-state index contributed by atoms with van der Waals surface area (Å²) in [6.07, 6.45) is 0. The third kappa shape index (κ3) is 4.83. The van der Waals surface area contributed by atoms with Crippen molar-refractivity contribution >= 4 is 38.2 Å². The van der Waals surface area contributed by atoms with E-state index in [1.165, 1.54) is 48.5 Å². The van der Waals surface area contributed by atoms with Crippen LogP contribution in [0.3, 0.4) is 0 Å². The highest BCUT2D eigenvalue weighted by Gasteiger charge is 2.15. The molecule has 0 unspecified atom stereocenters. The van der Waals surface area contributed by atoms with E-state index in [-0.39, 0.29) is 26.9 Å². The lowest BCUT2D eigenvalue weighted by atomic mass is 10.1. The van der Waals surface area contributed by atoms with E-state index in [1.807, 2.05) is 0 Å². The third-order valence-corrected chi connectivity index (χ3v) is 5.89. The normalized spacial score (nSPS) is 12.6. The Morgan fingerprint density at radius 2 is 1.43 bits per heavy atom. The third-order valence-electron chi connectivity index (χ3n) is 4.98. The number of hydrogen-bond donors (Lipinski definition) is 4. The molecule has 35 heavy (non-hydrogen) atoms. The molecule has 0 heterocycles. The molecule has 0 aliphatic heterocycles. The fourth-order valence-corrected chi connectivity index (χ4v) is 4.05. The molecule has 0 aliphatic carbocycles. The van der Waals surface area contributed by atoms with Gasteiger partial charge in [-0.1, -0.05) is 36.4 Å². The maximum absolute atomic E-state index is 12.8. The fraction of sp³-hybridized carbons (Fsp3) is 0. The number of nitrogens with one attached hydrogen (secondary N) is 2. The van der Waals surface area contributed by atoms with Crippen LogP contribution in [-0.2, 0) is 10.1 Å². The SMILES string of the molecule is O=C(O)c1ccccc1N/N=c1\c(=O)cc/c(=N\Nc2cccc3c(S(=O)(=O)O)cccc23)c1=O. The van der Waals surface area contributed by atoms with Crippen molar-refractivity contribution in [2.45, 2.75) is 4.90 Å². The van der Waals surface area contributed by atoms with Gasteiger partial charge < -0.3 is 5.11 Å². The Kier molecular flexibility index (Phi) is 6.23. The second-order valence-electron chi connectivity index (χ2n) is 7.19. The van der Waals surface area contributed by atoms with Gasteiger partial charge in [0.2, 0.25) is 10.9 Å². The first-order valence-corrected chi connectivity index (χ1v) is 11.4. The second-order valence-corrected chi connectivity index (χ2v) is 8.58. The van der Waals surface area contributed by atoms with Crippen molar-refractivity contribution in [3.63, 3.8) is 0 Å². The molecular formula is C23H16N4O7S. The number of fused-ring (bicyclic) bond motifs is 1. The number of carboxylic acids is 1. The van der Waals surface area contributed by atoms with E-state index >= 15 is 0 Å². The van der Waals surface area contributed by atoms with Crippen molar-refractivity contribution in [2.24, 2.45) is 10.2 Å². The lowest BCUT2D eigenvalue weighted by molar-refractivity contribution is 0.0698. The molecule has 0 aromatic heterocycles. The van der Waals surface area contributed by atoms with Gasteiger partial charge in [0.1, 0.15) is 10.3 Å². The van der Waals surface area contributed by atoms with Crippen molar-refractivity contribution in [1.29, 1.82) is 0 Å². The predicted octanol–water partition coefficient (Wildman–Crippen LogP) is 1.24. The lowest BCUT2D eigenvalue weighted by Gasteiger charge is -2.08. The van der Waals surface area contributed by atoms with Crippen molar-refractivity contribution in [2.75, 3.05) is 10.9 Å². The van der Waals surface area contributed by atoms with E-state index in [0.717, 1.165) is 6.07 Å². The molecule has 4 aromatic carbocycles. The maximum atomic E-state index is 12.8. The minimum Gasteiger partial charge on any atom is -0.478 e. The number of carboxylic acid groups (broad SMARTS) is 1. The van der Waals surface area contributed by atoms with Crippen LogP contribution >= 0.6 is 0 Å². The minimum atomic E-state index is -4.47. The molecule has 0 amide bonds. The van der Waals surface area contributed by atoms with Crippen LogP contribution in [0.25, 0.3) is 10.8 Å². The molecule has 4 rings (SSSR count). The average Bonchev–Trinajstić information content (AvgIpc) is 2.82. The van der Waals surface area contributed by atoms with Crippen LogP contribution in [0, 0.1) is 0 Å². The van der Waals surface area contributed by atoms with Gasteiger partial charge in [-0.15, -0.1) is 0 Å². The molecule has 0 radical (unpaired) electrons. The minimum absolute atomic E-state index is 0.0877. The quantitative estimate of drug-likeness (QED) is 0.228. The first-order valence-electron chi connectivity index (χ1n) is 9.93. The van der Waals surface area contributed by atoms with E-state index in [0.29, 0.717) is 11.1 Å². The summed E-state index contributed by atoms with van der Waals surface area (Å²) in [5, 5.41) is 17.1. The molecule has 12 heteroatoms. The zero-order chi connectivity index (χ0) is 25.2. The highest BCUT2D eigenvalue weighted by atomic mass is 32.2. The van der Waals surface area contributed by atoms with Crippen LogP contribution in [-0.4, -0.2) is 24.0 Å². The molecule has 0 atom stereocenters. The zero-order valence-corrected chi connectivity index (χ0v) is 18.5. The van der Waals surface area contributed by atoms with Gasteiger partial charge in [-0.3, -0.25) is 25.0 Å². The predicted molar refractivity (Wildman–Crippen MR) is 127 cm³/mol. The van der Waals surface area contributed by atoms with Crippen LogP contribution < -0.4 is 32.4 Å². The molecule has 0 bridgehead atoms. The van der Waals surface area contributed by atoms with E-state index in [2.05, 4.69) is 21.1 Å². The van der Waals surface area contributed by atoms with Crippen LogP contribution in [0.1, 0.15) is 10.4 Å². The Labute approximate surface area is 196 Å². The summed E-state index contributed by atoms with van der Waals surface area (Å²) >= 11 is 0. The molecule has 11 nitrogen and oxygen atoms in total. The van der Waals surface area contributed by atoms with Crippen molar-refractivity contribution in [1.82, 2.24) is 0 Å². The van der Waals surface area contributed by atoms with Gasteiger partial charge in [-0.2, -0.15) is 18.6 Å². The molecular weight excluding hydrogens is 476 g/mol. The molecule has 4 N–H and O–H groups in total. The van der Waals surface area contributed by atoms with Crippen molar-refractivity contribution in [3.05, 3.63) is 110 Å². The first-order chi connectivity index (χ1) is 16.7. The van der Waals surface area contributed by atoms with Gasteiger partial charge in [0.25, 0.3) is 10.1 Å². The summed E-state index contributed by atoms with van der Waals surface area (Å²) in [7, 11) is -4.47. The van der Waals surface area contributed by atoms with Gasteiger partial charge in [-0.25, -0.2) is 4.79 Å². The average molecular weight is 492 g/mol. The zero-order valence-electron chi connectivity index (χ0n) is 17.7. The molecule has 176 valence electrons. The number of anilines is 2. The number of para-hydroxylation sites is 1. The van der Waals surface area contributed by atoms with Gasteiger partial charge in [-0.05, 0) is 36.4 Å². The molecule has 0 aliphatic rings. The van der Waals surface area contributed by atoms with E-state index in [1.54, 1.807) is 18.2 Å². The van der Waals surface area contributed by atoms with Gasteiger partial charge in [0, 0.05) is 10.8 Å². The largest absolute Gasteiger partial charge is 0.478 e. The summed E-state index contributed by atoms with van der Waals surface area (Å²) in [6.45, 7) is 0. The molecule has 0 spiro atoms. The van der Waals surface area contributed by atoms with Gasteiger partial charge in [0.05, 0.1) is 16.9 Å². The highest BCUT2D eigenvalue weighted by Crippen LogP contribution is 2.28. The smallest absolute Gasteiger partial charge is 0.337 e. The van der Waals surface area contributed by atoms with E-state index in [4.69, 9.17) is 0 Å². The summed E-state index contributed by atoms with van der Waals surface area (Å²) in [6, 6.07) is 17.1. The van der Waals surface area contributed by atoms with E-state index < -0.39 is 32.3 Å². The van der Waals surface area contributed by atoms with Crippen LogP contribution in [0.2, 0.25) is 0 Å². The number of benzene rings is 4. The Morgan fingerprint density at radius 1 is 0.771 bits per heavy atom. The Morgan fingerprint density at radius 3 is 2.17 bits per heavy atom. The highest BCUT2D eigenvalue weighted by molar-refractivity contribution is 7.86. The second kappa shape index (κ2) is 9.29. The van der Waals surface area contributed by atoms with Crippen LogP contribution in [0.5, 0.6) is 0 Å². The molecule has 0 saturated heterocycles. The standard InChI is InChI=1S/C23H16N4O7S/c28-19-12-11-18(22(29)21(19)27-25-17-8-2-1-5-15(17)23(30)31)26-24-16-9-3-7-14-13(16)6-4-10-20(14)35(32,33)34/h1-12,24-25H,(H,30,31)(H,32,33,34)/b26-18+,27-21+. The van der Waals surface area contributed by atoms with Crippen LogP contribution in [0.15, 0.2) is 97.5 Å². The Hall–Kier alpha value is -4.68. The fourth-order valence-electron chi connectivity index (χ4n) is 3.34. The van der Waals surface area contributed by atoms with Gasteiger partial charge in [0.15, 0.2) is 5.36 Å². The number of carbonyl (C=O) groups is 1. The van der Waals surface area contributed by atoms with E-state index in [9.17, 15) is 32.5 Å². The number of aromatic carboxylic acids is 1. The summed E-state index contributed by atoms with van der Waals surface area (Å²) in [4.78, 5) is 36.1. The summed E-state index contributed by atoms with van der Waals surface area (Å²) in [5.74, 6) is -1.21. The summed E-state index contributed by atoms with van der Waals surface area (Å²) in [5.41, 5.74) is 3.93. The van der Waals surface area contributed by atoms with Gasteiger partial charge >= 0.3 is 5.97 Å². The Balaban J connectivity index is 1.76. The lowest BCUT2D eigenvalue weighted by Crippen LogP contribution is -2.48. The molecule has 4 aromatic rings. The number of nitrogens with zero attached hydrogens (tertiary/aromatic N) is 2. The van der Waals surface area contributed by atoms with Crippen molar-refractivity contribution in [3.8, 4) is 0 Å². The number of rotatable bonds is 6. The molecule has 0 fully saturated rings. The number of hydrogen-bond acceptors (Lipinski definition) is 9. The Bertz CT molecular complexity index is 1810. The monoisotopic (exact) mass is 492 g/mol. The van der Waals surface area contributed by atoms with Crippen molar-refractivity contribution < 1.29 is 22.9 Å². The van der Waals surface area contributed by atoms with Crippen LogP contribution in [0.4, 0.5) is 11.4 Å².